The van der Waals surface area contributed by atoms with Gasteiger partial charge in [-0.1, -0.05) is 30.3 Å². The van der Waals surface area contributed by atoms with Gasteiger partial charge in [-0.05, 0) is 36.4 Å². The number of pyridine rings is 1. The van der Waals surface area contributed by atoms with Crippen LogP contribution in [-0.4, -0.2) is 30.6 Å². The summed E-state index contributed by atoms with van der Waals surface area (Å²) in [6, 6.07) is 19.5. The van der Waals surface area contributed by atoms with Gasteiger partial charge < -0.3 is 20.1 Å². The van der Waals surface area contributed by atoms with Crippen LogP contribution in [-0.2, 0) is 9.53 Å². The zero-order valence-electron chi connectivity index (χ0n) is 15.2. The molecule has 0 saturated heterocycles. The summed E-state index contributed by atoms with van der Waals surface area (Å²) in [4.78, 5) is 28.1. The summed E-state index contributed by atoms with van der Waals surface area (Å²) in [5, 5.41) is 5.78. The van der Waals surface area contributed by atoms with E-state index in [-0.39, 0.29) is 12.5 Å². The van der Waals surface area contributed by atoms with Gasteiger partial charge in [-0.15, -0.1) is 0 Å². The van der Waals surface area contributed by atoms with Gasteiger partial charge in [0.1, 0.15) is 11.6 Å². The lowest BCUT2D eigenvalue weighted by molar-refractivity contribution is -0.118. The third kappa shape index (κ3) is 5.07. The van der Waals surface area contributed by atoms with Gasteiger partial charge in [0.2, 0.25) is 0 Å². The van der Waals surface area contributed by atoms with Crippen molar-refractivity contribution in [2.45, 2.75) is 0 Å². The SMILES string of the molecule is COC(=O)c1ccccc1Nc1ccc(NC(=O)COc2ccccc2)cn1. The van der Waals surface area contributed by atoms with Crippen LogP contribution < -0.4 is 15.4 Å². The predicted molar refractivity (Wildman–Crippen MR) is 106 cm³/mol. The van der Waals surface area contributed by atoms with Gasteiger partial charge in [0.25, 0.3) is 5.91 Å². The molecule has 142 valence electrons. The number of carbonyl (C=O) groups excluding carboxylic acids is 2. The summed E-state index contributed by atoms with van der Waals surface area (Å²) in [6.07, 6.45) is 1.52. The van der Waals surface area contributed by atoms with E-state index >= 15 is 0 Å². The fraction of sp³-hybridized carbons (Fsp3) is 0.0952. The highest BCUT2D eigenvalue weighted by Gasteiger charge is 2.11. The molecule has 0 atom stereocenters. The average molecular weight is 377 g/mol. The molecule has 2 aromatic carbocycles. The van der Waals surface area contributed by atoms with Gasteiger partial charge in [-0.2, -0.15) is 0 Å². The third-order valence-corrected chi connectivity index (χ3v) is 3.76. The first-order valence-electron chi connectivity index (χ1n) is 8.54. The molecule has 0 unspecified atom stereocenters. The molecule has 0 saturated carbocycles. The largest absolute Gasteiger partial charge is 0.484 e. The number of hydrogen-bond donors (Lipinski definition) is 2. The van der Waals surface area contributed by atoms with Crippen molar-refractivity contribution < 1.29 is 19.1 Å². The van der Waals surface area contributed by atoms with Gasteiger partial charge >= 0.3 is 5.97 Å². The Morgan fingerprint density at radius 1 is 0.964 bits per heavy atom. The summed E-state index contributed by atoms with van der Waals surface area (Å²) < 4.78 is 10.2. The monoisotopic (exact) mass is 377 g/mol. The molecular weight excluding hydrogens is 358 g/mol. The lowest BCUT2D eigenvalue weighted by Gasteiger charge is -2.11. The minimum Gasteiger partial charge on any atom is -0.484 e. The zero-order chi connectivity index (χ0) is 19.8. The number of nitrogens with zero attached hydrogens (tertiary/aromatic N) is 1. The number of amides is 1. The first-order chi connectivity index (χ1) is 13.7. The Morgan fingerprint density at radius 3 is 2.43 bits per heavy atom. The van der Waals surface area contributed by atoms with Crippen LogP contribution in [0.3, 0.4) is 0 Å². The highest BCUT2D eigenvalue weighted by molar-refractivity contribution is 5.96. The second-order valence-corrected chi connectivity index (χ2v) is 5.74. The molecule has 3 aromatic rings. The summed E-state index contributed by atoms with van der Waals surface area (Å²) in [7, 11) is 1.33. The molecule has 0 aliphatic carbocycles. The van der Waals surface area contributed by atoms with E-state index in [1.807, 2.05) is 18.2 Å². The molecule has 7 heteroatoms. The van der Waals surface area contributed by atoms with E-state index < -0.39 is 5.97 Å². The first-order valence-corrected chi connectivity index (χ1v) is 8.54. The van der Waals surface area contributed by atoms with Crippen molar-refractivity contribution in [3.05, 3.63) is 78.5 Å². The van der Waals surface area contributed by atoms with Crippen molar-refractivity contribution >= 4 is 29.1 Å². The Hall–Kier alpha value is -3.87. The smallest absolute Gasteiger partial charge is 0.339 e. The molecule has 0 aliphatic rings. The number of benzene rings is 2. The molecule has 0 aliphatic heterocycles. The summed E-state index contributed by atoms with van der Waals surface area (Å²) in [6.45, 7) is -0.101. The minimum absolute atomic E-state index is 0.101. The van der Waals surface area contributed by atoms with Gasteiger partial charge in [0.15, 0.2) is 6.61 Å². The van der Waals surface area contributed by atoms with Crippen molar-refractivity contribution in [2.24, 2.45) is 0 Å². The number of anilines is 3. The van der Waals surface area contributed by atoms with Crippen LogP contribution in [0.4, 0.5) is 17.2 Å². The molecule has 1 heterocycles. The molecular formula is C21H19N3O4. The van der Waals surface area contributed by atoms with Gasteiger partial charge in [-0.25, -0.2) is 9.78 Å². The number of para-hydroxylation sites is 2. The fourth-order valence-corrected chi connectivity index (χ4v) is 2.42. The summed E-state index contributed by atoms with van der Waals surface area (Å²) >= 11 is 0. The number of nitrogens with one attached hydrogen (secondary N) is 2. The molecule has 0 radical (unpaired) electrons. The van der Waals surface area contributed by atoms with E-state index in [0.29, 0.717) is 28.5 Å². The van der Waals surface area contributed by atoms with Crippen LogP contribution in [0.15, 0.2) is 72.9 Å². The molecule has 1 aromatic heterocycles. The number of aromatic nitrogens is 1. The third-order valence-electron chi connectivity index (χ3n) is 3.76. The van der Waals surface area contributed by atoms with Crippen molar-refractivity contribution in [1.82, 2.24) is 4.98 Å². The standard InChI is InChI=1S/C21H19N3O4/c1-27-21(26)17-9-5-6-10-18(17)24-19-12-11-15(13-22-19)23-20(25)14-28-16-7-3-2-4-8-16/h2-13H,14H2,1H3,(H,22,24)(H,23,25). The van der Waals surface area contributed by atoms with Crippen LogP contribution in [0.5, 0.6) is 5.75 Å². The average Bonchev–Trinajstić information content (AvgIpc) is 2.74. The molecule has 7 nitrogen and oxygen atoms in total. The van der Waals surface area contributed by atoms with E-state index in [4.69, 9.17) is 9.47 Å². The van der Waals surface area contributed by atoms with Crippen LogP contribution in [0.25, 0.3) is 0 Å². The van der Waals surface area contributed by atoms with Crippen LogP contribution in [0, 0.1) is 0 Å². The predicted octanol–water partition coefficient (Wildman–Crippen LogP) is 3.63. The number of rotatable bonds is 7. The Morgan fingerprint density at radius 2 is 1.71 bits per heavy atom. The Balaban J connectivity index is 1.58. The fourth-order valence-electron chi connectivity index (χ4n) is 2.42. The van der Waals surface area contributed by atoms with Crippen molar-refractivity contribution in [3.63, 3.8) is 0 Å². The Labute approximate surface area is 162 Å². The number of esters is 1. The quantitative estimate of drug-likeness (QED) is 0.611. The summed E-state index contributed by atoms with van der Waals surface area (Å²) in [5.41, 5.74) is 1.52. The number of methoxy groups -OCH3 is 1. The zero-order valence-corrected chi connectivity index (χ0v) is 15.2. The Kier molecular flexibility index (Phi) is 6.20. The number of ether oxygens (including phenoxy) is 2. The maximum Gasteiger partial charge on any atom is 0.339 e. The van der Waals surface area contributed by atoms with Gasteiger partial charge in [0.05, 0.1) is 30.2 Å². The van der Waals surface area contributed by atoms with E-state index in [2.05, 4.69) is 15.6 Å². The van der Waals surface area contributed by atoms with Crippen molar-refractivity contribution in [2.75, 3.05) is 24.4 Å². The number of carbonyl (C=O) groups is 2. The molecule has 1 amide bonds. The summed E-state index contributed by atoms with van der Waals surface area (Å²) in [5.74, 6) is 0.419. The molecule has 0 fully saturated rings. The van der Waals surface area contributed by atoms with Crippen LogP contribution >= 0.6 is 0 Å². The molecule has 3 rings (SSSR count). The molecule has 28 heavy (non-hydrogen) atoms. The van der Waals surface area contributed by atoms with E-state index in [1.165, 1.54) is 13.3 Å². The topological polar surface area (TPSA) is 89.6 Å². The second-order valence-electron chi connectivity index (χ2n) is 5.74. The van der Waals surface area contributed by atoms with Crippen LogP contribution in [0.1, 0.15) is 10.4 Å². The maximum atomic E-state index is 12.0. The minimum atomic E-state index is -0.439. The van der Waals surface area contributed by atoms with Gasteiger partial charge in [-0.3, -0.25) is 4.79 Å². The van der Waals surface area contributed by atoms with E-state index in [0.717, 1.165) is 0 Å². The van der Waals surface area contributed by atoms with Crippen LogP contribution in [0.2, 0.25) is 0 Å². The van der Waals surface area contributed by atoms with Crippen molar-refractivity contribution in [1.29, 1.82) is 0 Å². The molecule has 0 bridgehead atoms. The first kappa shape index (κ1) is 18.9. The lowest BCUT2D eigenvalue weighted by atomic mass is 10.2. The van der Waals surface area contributed by atoms with E-state index in [1.54, 1.807) is 48.5 Å². The highest BCUT2D eigenvalue weighted by Crippen LogP contribution is 2.21. The van der Waals surface area contributed by atoms with Gasteiger partial charge in [0, 0.05) is 0 Å². The lowest BCUT2D eigenvalue weighted by Crippen LogP contribution is -2.20. The van der Waals surface area contributed by atoms with E-state index in [9.17, 15) is 9.59 Å². The maximum absolute atomic E-state index is 12.0. The molecule has 2 N–H and O–H groups in total. The van der Waals surface area contributed by atoms with Crippen molar-refractivity contribution in [3.8, 4) is 5.75 Å². The second kappa shape index (κ2) is 9.18. The molecule has 0 spiro atoms. The highest BCUT2D eigenvalue weighted by atomic mass is 16.5. The normalized spacial score (nSPS) is 10.0. The Bertz CT molecular complexity index is 943. The number of hydrogen-bond acceptors (Lipinski definition) is 6.